The van der Waals surface area contributed by atoms with Crippen LogP contribution in [0.2, 0.25) is 0 Å². The van der Waals surface area contributed by atoms with E-state index in [1.54, 1.807) is 20.8 Å². The van der Waals surface area contributed by atoms with Gasteiger partial charge in [0.2, 0.25) is 0 Å². The Morgan fingerprint density at radius 3 is 2.08 bits per heavy atom. The monoisotopic (exact) mass is 282 g/mol. The molecule has 0 saturated carbocycles. The zero-order valence-electron chi connectivity index (χ0n) is 7.30. The lowest BCUT2D eigenvalue weighted by atomic mass is 10.1. The van der Waals surface area contributed by atoms with Crippen molar-refractivity contribution in [3.63, 3.8) is 0 Å². The maximum absolute atomic E-state index is 11.5. The van der Waals surface area contributed by atoms with Gasteiger partial charge in [0, 0.05) is 6.54 Å². The summed E-state index contributed by atoms with van der Waals surface area (Å²) in [7, 11) is 0. The van der Waals surface area contributed by atoms with Crippen molar-refractivity contribution in [1.82, 2.24) is 8.01 Å². The molecule has 1 aliphatic heterocycles. The first-order chi connectivity index (χ1) is 5.42. The molecule has 4 nitrogen and oxygen atoms in total. The Morgan fingerprint density at radius 2 is 1.92 bits per heavy atom. The van der Waals surface area contributed by atoms with E-state index in [2.05, 4.69) is 0 Å². The molecule has 0 atom stereocenters. The van der Waals surface area contributed by atoms with Crippen molar-refractivity contribution in [2.24, 2.45) is 0 Å². The lowest BCUT2D eigenvalue weighted by Gasteiger charge is -2.20. The minimum atomic E-state index is -0.687. The second-order valence-electron chi connectivity index (χ2n) is 3.17. The Kier molecular flexibility index (Phi) is 2.33. The fourth-order valence-electron chi connectivity index (χ4n) is 1.13. The molecule has 0 aromatic rings. The predicted octanol–water partition coefficient (Wildman–Crippen LogP) is 1.40. The van der Waals surface area contributed by atoms with Crippen molar-refractivity contribution in [1.29, 1.82) is 0 Å². The van der Waals surface area contributed by atoms with Crippen LogP contribution in [-0.2, 0) is 4.79 Å². The van der Waals surface area contributed by atoms with Crippen LogP contribution in [0, 0.1) is 0 Å². The summed E-state index contributed by atoms with van der Waals surface area (Å²) in [6.07, 6.45) is 0. The SMILES string of the molecule is CCN1C(=O)N(I)C(C)(C)C1=O. The van der Waals surface area contributed by atoms with E-state index in [9.17, 15) is 9.59 Å². The number of hydrogen-bond acceptors (Lipinski definition) is 2. The first kappa shape index (κ1) is 9.76. The molecule has 1 aliphatic rings. The van der Waals surface area contributed by atoms with Gasteiger partial charge in [-0.3, -0.25) is 12.8 Å². The Morgan fingerprint density at radius 1 is 1.42 bits per heavy atom. The van der Waals surface area contributed by atoms with E-state index in [0.29, 0.717) is 6.54 Å². The van der Waals surface area contributed by atoms with E-state index in [0.717, 1.165) is 0 Å². The largest absolute Gasteiger partial charge is 0.336 e. The summed E-state index contributed by atoms with van der Waals surface area (Å²) in [6.45, 7) is 5.73. The molecule has 0 unspecified atom stereocenters. The van der Waals surface area contributed by atoms with Crippen LogP contribution in [0.5, 0.6) is 0 Å². The van der Waals surface area contributed by atoms with Gasteiger partial charge in [0.1, 0.15) is 5.54 Å². The Labute approximate surface area is 85.4 Å². The molecule has 0 N–H and O–H groups in total. The van der Waals surface area contributed by atoms with Crippen molar-refractivity contribution in [2.75, 3.05) is 6.54 Å². The molecule has 0 aromatic carbocycles. The standard InChI is InChI=1S/C7H11IN2O2/c1-4-9-5(11)7(2,3)10(8)6(9)12/h4H2,1-3H3. The summed E-state index contributed by atoms with van der Waals surface area (Å²) in [5, 5.41) is 0. The number of hydrogen-bond donors (Lipinski definition) is 0. The molecular weight excluding hydrogens is 271 g/mol. The fourth-order valence-corrected chi connectivity index (χ4v) is 1.59. The molecule has 0 bridgehead atoms. The average molecular weight is 282 g/mol. The lowest BCUT2D eigenvalue weighted by molar-refractivity contribution is -0.130. The van der Waals surface area contributed by atoms with Crippen molar-refractivity contribution >= 4 is 34.8 Å². The van der Waals surface area contributed by atoms with Crippen LogP contribution >= 0.6 is 22.9 Å². The van der Waals surface area contributed by atoms with E-state index in [1.807, 2.05) is 22.9 Å². The summed E-state index contributed by atoms with van der Waals surface area (Å²) < 4.78 is 1.44. The summed E-state index contributed by atoms with van der Waals surface area (Å²) in [5.74, 6) is -0.121. The van der Waals surface area contributed by atoms with Crippen LogP contribution in [0.25, 0.3) is 0 Å². The lowest BCUT2D eigenvalue weighted by Crippen LogP contribution is -2.38. The summed E-state index contributed by atoms with van der Waals surface area (Å²) in [5.41, 5.74) is -0.687. The first-order valence-electron chi connectivity index (χ1n) is 3.75. The van der Waals surface area contributed by atoms with Crippen molar-refractivity contribution < 1.29 is 9.59 Å². The van der Waals surface area contributed by atoms with Gasteiger partial charge in [0.15, 0.2) is 0 Å². The molecule has 0 radical (unpaired) electrons. The Hall–Kier alpha value is -0.330. The Balaban J connectivity index is 3.02. The van der Waals surface area contributed by atoms with Crippen LogP contribution in [-0.4, -0.2) is 32.0 Å². The number of halogens is 1. The first-order valence-corrected chi connectivity index (χ1v) is 4.71. The molecule has 1 rings (SSSR count). The highest BCUT2D eigenvalue weighted by molar-refractivity contribution is 14.1. The minimum Gasteiger partial charge on any atom is -0.272 e. The maximum Gasteiger partial charge on any atom is 0.336 e. The molecule has 68 valence electrons. The van der Waals surface area contributed by atoms with E-state index in [4.69, 9.17) is 0 Å². The van der Waals surface area contributed by atoms with Gasteiger partial charge in [-0.2, -0.15) is 0 Å². The molecule has 0 aliphatic carbocycles. The van der Waals surface area contributed by atoms with Crippen LogP contribution < -0.4 is 0 Å². The van der Waals surface area contributed by atoms with Gasteiger partial charge in [0.05, 0.1) is 22.9 Å². The van der Waals surface area contributed by atoms with E-state index in [-0.39, 0.29) is 11.9 Å². The summed E-state index contributed by atoms with van der Waals surface area (Å²) in [4.78, 5) is 24.2. The number of carbonyl (C=O) groups is 2. The van der Waals surface area contributed by atoms with Gasteiger partial charge in [-0.05, 0) is 20.8 Å². The quantitative estimate of drug-likeness (QED) is 0.414. The molecule has 1 saturated heterocycles. The zero-order valence-corrected chi connectivity index (χ0v) is 9.45. The summed E-state index contributed by atoms with van der Waals surface area (Å²) >= 11 is 1.88. The number of imide groups is 1. The number of carbonyl (C=O) groups excluding carboxylic acids is 2. The molecule has 1 heterocycles. The smallest absolute Gasteiger partial charge is 0.272 e. The third-order valence-corrected chi connectivity index (χ3v) is 3.59. The number of rotatable bonds is 1. The highest BCUT2D eigenvalue weighted by Crippen LogP contribution is 2.30. The molecule has 1 fully saturated rings. The van der Waals surface area contributed by atoms with Crippen LogP contribution in [0.15, 0.2) is 0 Å². The number of amides is 3. The Bertz CT molecular complexity index is 240. The van der Waals surface area contributed by atoms with Crippen LogP contribution in [0.3, 0.4) is 0 Å². The predicted molar refractivity (Wildman–Crippen MR) is 52.7 cm³/mol. The number of likely N-dealkylation sites (N-methyl/N-ethyl adjacent to an activating group) is 1. The van der Waals surface area contributed by atoms with E-state index >= 15 is 0 Å². The normalized spacial score (nSPS) is 22.3. The van der Waals surface area contributed by atoms with Crippen molar-refractivity contribution in [3.8, 4) is 0 Å². The third-order valence-electron chi connectivity index (χ3n) is 1.97. The maximum atomic E-state index is 11.5. The second kappa shape index (κ2) is 2.86. The van der Waals surface area contributed by atoms with Gasteiger partial charge in [-0.15, -0.1) is 0 Å². The van der Waals surface area contributed by atoms with Gasteiger partial charge in [0.25, 0.3) is 5.91 Å². The molecule has 0 spiro atoms. The molecule has 5 heteroatoms. The molecule has 12 heavy (non-hydrogen) atoms. The average Bonchev–Trinajstić information content (AvgIpc) is 2.15. The van der Waals surface area contributed by atoms with Crippen molar-refractivity contribution in [3.05, 3.63) is 0 Å². The van der Waals surface area contributed by atoms with Gasteiger partial charge in [-0.1, -0.05) is 0 Å². The van der Waals surface area contributed by atoms with Crippen LogP contribution in [0.1, 0.15) is 20.8 Å². The fraction of sp³-hybridized carbons (Fsp3) is 0.714. The van der Waals surface area contributed by atoms with Gasteiger partial charge in [-0.25, -0.2) is 4.79 Å². The third kappa shape index (κ3) is 1.10. The highest BCUT2D eigenvalue weighted by Gasteiger charge is 2.49. The van der Waals surface area contributed by atoms with Gasteiger partial charge < -0.3 is 0 Å². The van der Waals surface area contributed by atoms with E-state index < -0.39 is 5.54 Å². The van der Waals surface area contributed by atoms with E-state index in [1.165, 1.54) is 8.01 Å². The topological polar surface area (TPSA) is 40.6 Å². The number of urea groups is 1. The van der Waals surface area contributed by atoms with Crippen LogP contribution in [0.4, 0.5) is 4.79 Å². The minimum absolute atomic E-state index is 0.121. The van der Waals surface area contributed by atoms with Gasteiger partial charge >= 0.3 is 6.03 Å². The van der Waals surface area contributed by atoms with Crippen molar-refractivity contribution in [2.45, 2.75) is 26.3 Å². The molecule has 0 aromatic heterocycles. The molecule has 3 amide bonds. The summed E-state index contributed by atoms with van der Waals surface area (Å²) in [6, 6.07) is -0.215. The second-order valence-corrected chi connectivity index (χ2v) is 4.14. The highest BCUT2D eigenvalue weighted by atomic mass is 127. The number of nitrogens with zero attached hydrogens (tertiary/aromatic N) is 2. The molecular formula is C7H11IN2O2. The zero-order chi connectivity index (χ0) is 9.52.